The van der Waals surface area contributed by atoms with Gasteiger partial charge in [0.05, 0.1) is 12.8 Å². The number of nitrogens with one attached hydrogen (secondary N) is 1. The molecule has 0 saturated heterocycles. The first kappa shape index (κ1) is 16.0. The first-order valence-corrected chi connectivity index (χ1v) is 8.30. The Morgan fingerprint density at radius 1 is 0.962 bits per heavy atom. The maximum atomic E-state index is 12.6. The molecule has 5 nitrogen and oxygen atoms in total. The van der Waals surface area contributed by atoms with Crippen LogP contribution in [0.2, 0.25) is 0 Å². The fraction of sp³-hybridized carbons (Fsp3) is 0.0952. The molecule has 0 aliphatic heterocycles. The Morgan fingerprint density at radius 3 is 2.58 bits per heavy atom. The minimum atomic E-state index is -0.302. The summed E-state index contributed by atoms with van der Waals surface area (Å²) in [6, 6.07) is 20.6. The van der Waals surface area contributed by atoms with Crippen LogP contribution in [0.25, 0.3) is 11.0 Å². The molecule has 0 radical (unpaired) electrons. The maximum Gasteiger partial charge on any atom is 0.287 e. The molecule has 2 aromatic heterocycles. The summed E-state index contributed by atoms with van der Waals surface area (Å²) in [6.45, 7) is 0.534. The molecule has 1 N–H and O–H groups in total. The number of carbonyl (C=O) groups is 1. The topological polar surface area (TPSA) is 64.6 Å². The molecule has 0 aliphatic rings. The fourth-order valence-electron chi connectivity index (χ4n) is 2.76. The quantitative estimate of drug-likeness (QED) is 0.556. The van der Waals surface area contributed by atoms with Gasteiger partial charge < -0.3 is 18.9 Å². The summed E-state index contributed by atoms with van der Waals surface area (Å²) in [4.78, 5) is 12.6. The molecule has 2 aromatic carbocycles. The molecule has 0 spiro atoms. The number of amides is 1. The summed E-state index contributed by atoms with van der Waals surface area (Å²) in [5, 5.41) is 3.69. The molecule has 5 heteroatoms. The van der Waals surface area contributed by atoms with Gasteiger partial charge in [-0.3, -0.25) is 4.79 Å². The third kappa shape index (κ3) is 3.32. The second-order valence-electron chi connectivity index (χ2n) is 5.77. The zero-order chi connectivity index (χ0) is 17.8. The summed E-state index contributed by atoms with van der Waals surface area (Å²) in [7, 11) is 0. The molecule has 0 saturated carbocycles. The van der Waals surface area contributed by atoms with Crippen molar-refractivity contribution in [2.24, 2.45) is 0 Å². The minimum absolute atomic E-state index is 0.241. The van der Waals surface area contributed by atoms with E-state index in [0.717, 1.165) is 16.7 Å². The highest BCUT2D eigenvalue weighted by atomic mass is 16.5. The lowest BCUT2D eigenvalue weighted by atomic mass is 10.1. The first-order chi connectivity index (χ1) is 12.8. The minimum Gasteiger partial charge on any atom is -0.489 e. The highest BCUT2D eigenvalue weighted by Crippen LogP contribution is 2.27. The van der Waals surface area contributed by atoms with Crippen molar-refractivity contribution in [2.75, 3.05) is 0 Å². The van der Waals surface area contributed by atoms with E-state index < -0.39 is 0 Å². The van der Waals surface area contributed by atoms with Crippen LogP contribution >= 0.6 is 0 Å². The lowest BCUT2D eigenvalue weighted by molar-refractivity contribution is 0.0919. The summed E-state index contributed by atoms with van der Waals surface area (Å²) in [5.41, 5.74) is 1.38. The Kier molecular flexibility index (Phi) is 4.43. The average Bonchev–Trinajstić information content (AvgIpc) is 3.33. The van der Waals surface area contributed by atoms with Gasteiger partial charge in [0, 0.05) is 10.9 Å². The summed E-state index contributed by atoms with van der Waals surface area (Å²) in [6.07, 6.45) is 1.57. The summed E-state index contributed by atoms with van der Waals surface area (Å²) < 4.78 is 16.9. The zero-order valence-electron chi connectivity index (χ0n) is 14.0. The normalized spacial score (nSPS) is 10.8. The van der Waals surface area contributed by atoms with Gasteiger partial charge in [-0.05, 0) is 30.3 Å². The van der Waals surface area contributed by atoms with Crippen LogP contribution in [0.5, 0.6) is 5.75 Å². The molecule has 0 unspecified atom stereocenters. The van der Waals surface area contributed by atoms with E-state index in [4.69, 9.17) is 13.6 Å². The van der Waals surface area contributed by atoms with E-state index >= 15 is 0 Å². The van der Waals surface area contributed by atoms with Crippen LogP contribution in [0.1, 0.15) is 21.9 Å². The second-order valence-corrected chi connectivity index (χ2v) is 5.77. The zero-order valence-corrected chi connectivity index (χ0v) is 14.0. The van der Waals surface area contributed by atoms with Crippen molar-refractivity contribution in [3.8, 4) is 5.75 Å². The lowest BCUT2D eigenvalue weighted by Gasteiger charge is -2.07. The highest BCUT2D eigenvalue weighted by Gasteiger charge is 2.21. The molecule has 4 aromatic rings. The number of rotatable bonds is 6. The molecule has 0 aliphatic carbocycles. The molecule has 4 rings (SSSR count). The van der Waals surface area contributed by atoms with Crippen LogP contribution in [-0.4, -0.2) is 5.91 Å². The van der Waals surface area contributed by atoms with Gasteiger partial charge in [0.15, 0.2) is 5.76 Å². The molecule has 26 heavy (non-hydrogen) atoms. The van der Waals surface area contributed by atoms with Gasteiger partial charge >= 0.3 is 0 Å². The van der Waals surface area contributed by atoms with E-state index in [1.165, 1.54) is 0 Å². The van der Waals surface area contributed by atoms with Crippen LogP contribution in [0.4, 0.5) is 0 Å². The van der Waals surface area contributed by atoms with Gasteiger partial charge in [0.1, 0.15) is 23.7 Å². The number of hydrogen-bond acceptors (Lipinski definition) is 4. The van der Waals surface area contributed by atoms with Crippen molar-refractivity contribution in [1.29, 1.82) is 0 Å². The van der Waals surface area contributed by atoms with Crippen LogP contribution in [-0.2, 0) is 13.2 Å². The van der Waals surface area contributed by atoms with Crippen LogP contribution < -0.4 is 10.1 Å². The average molecular weight is 347 g/mol. The third-order valence-electron chi connectivity index (χ3n) is 4.03. The van der Waals surface area contributed by atoms with Gasteiger partial charge in [-0.25, -0.2) is 0 Å². The Hall–Kier alpha value is -3.47. The van der Waals surface area contributed by atoms with Gasteiger partial charge in [0.25, 0.3) is 5.91 Å². The third-order valence-corrected chi connectivity index (χ3v) is 4.03. The van der Waals surface area contributed by atoms with E-state index in [0.29, 0.717) is 17.9 Å². The van der Waals surface area contributed by atoms with Crippen molar-refractivity contribution in [1.82, 2.24) is 5.32 Å². The maximum absolute atomic E-state index is 12.6. The van der Waals surface area contributed by atoms with E-state index in [9.17, 15) is 4.79 Å². The fourth-order valence-corrected chi connectivity index (χ4v) is 2.76. The van der Waals surface area contributed by atoms with Gasteiger partial charge in [-0.1, -0.05) is 36.4 Å². The number of para-hydroxylation sites is 2. The predicted molar refractivity (Wildman–Crippen MR) is 96.9 cm³/mol. The van der Waals surface area contributed by atoms with Crippen molar-refractivity contribution in [3.63, 3.8) is 0 Å². The van der Waals surface area contributed by atoms with E-state index in [2.05, 4.69) is 5.32 Å². The number of carbonyl (C=O) groups excluding carboxylic acids is 1. The van der Waals surface area contributed by atoms with Gasteiger partial charge in [-0.2, -0.15) is 0 Å². The Balaban J connectivity index is 1.59. The first-order valence-electron chi connectivity index (χ1n) is 8.30. The van der Waals surface area contributed by atoms with Crippen molar-refractivity contribution >= 4 is 16.9 Å². The Bertz CT molecular complexity index is 1000. The molecular weight excluding hydrogens is 330 g/mol. The number of fused-ring (bicyclic) bond motifs is 1. The van der Waals surface area contributed by atoms with E-state index in [1.54, 1.807) is 18.4 Å². The number of ether oxygens (including phenoxy) is 1. The monoisotopic (exact) mass is 347 g/mol. The summed E-state index contributed by atoms with van der Waals surface area (Å²) >= 11 is 0. The molecule has 0 fully saturated rings. The van der Waals surface area contributed by atoms with Gasteiger partial charge in [-0.15, -0.1) is 0 Å². The molecule has 130 valence electrons. The Labute approximate surface area is 150 Å². The largest absolute Gasteiger partial charge is 0.489 e. The second kappa shape index (κ2) is 7.19. The van der Waals surface area contributed by atoms with Crippen molar-refractivity contribution in [2.45, 2.75) is 13.2 Å². The van der Waals surface area contributed by atoms with Crippen molar-refractivity contribution in [3.05, 3.63) is 90.1 Å². The SMILES string of the molecule is O=C(NCc1ccco1)c1oc2ccccc2c1COc1ccccc1. The highest BCUT2D eigenvalue weighted by molar-refractivity contribution is 5.99. The predicted octanol–water partition coefficient (Wildman–Crippen LogP) is 4.53. The van der Waals surface area contributed by atoms with Crippen LogP contribution in [0.15, 0.2) is 81.8 Å². The molecule has 2 heterocycles. The van der Waals surface area contributed by atoms with E-state index in [-0.39, 0.29) is 18.3 Å². The van der Waals surface area contributed by atoms with Crippen LogP contribution in [0.3, 0.4) is 0 Å². The number of hydrogen-bond donors (Lipinski definition) is 1. The number of benzene rings is 2. The van der Waals surface area contributed by atoms with Crippen LogP contribution in [0, 0.1) is 0 Å². The Morgan fingerprint density at radius 2 is 1.77 bits per heavy atom. The standard InChI is InChI=1S/C21H17NO4/c23-21(22-13-16-9-6-12-24-16)20-18(14-25-15-7-2-1-3-8-15)17-10-4-5-11-19(17)26-20/h1-12H,13-14H2,(H,22,23). The van der Waals surface area contributed by atoms with E-state index in [1.807, 2.05) is 54.6 Å². The molecule has 0 bridgehead atoms. The summed E-state index contributed by atoms with van der Waals surface area (Å²) in [5.74, 6) is 1.37. The smallest absolute Gasteiger partial charge is 0.287 e. The molecule has 1 amide bonds. The molecular formula is C21H17NO4. The molecule has 0 atom stereocenters. The van der Waals surface area contributed by atoms with Gasteiger partial charge in [0.2, 0.25) is 0 Å². The number of furan rings is 2. The lowest BCUT2D eigenvalue weighted by Crippen LogP contribution is -2.23. The van der Waals surface area contributed by atoms with Crippen molar-refractivity contribution < 1.29 is 18.4 Å².